The van der Waals surface area contributed by atoms with Crippen molar-refractivity contribution in [3.05, 3.63) is 51.6 Å². The first-order chi connectivity index (χ1) is 12.0. The SMILES string of the molecule is Cc1ccc(NC(=O)c2c(NCCNCCO)nc(=O)[nH]c2C)cc1. The third-order valence-electron chi connectivity index (χ3n) is 3.54. The van der Waals surface area contributed by atoms with Gasteiger partial charge in [-0.15, -0.1) is 0 Å². The minimum Gasteiger partial charge on any atom is -0.395 e. The number of amides is 1. The molecule has 0 radical (unpaired) electrons. The third-order valence-corrected chi connectivity index (χ3v) is 3.54. The summed E-state index contributed by atoms with van der Waals surface area (Å²) >= 11 is 0. The Labute approximate surface area is 145 Å². The Balaban J connectivity index is 2.15. The molecule has 0 saturated heterocycles. The number of carbonyl (C=O) groups is 1. The molecule has 5 N–H and O–H groups in total. The van der Waals surface area contributed by atoms with Crippen molar-refractivity contribution >= 4 is 17.4 Å². The van der Waals surface area contributed by atoms with Crippen LogP contribution in [0.3, 0.4) is 0 Å². The second-order valence-electron chi connectivity index (χ2n) is 5.61. The average molecular weight is 345 g/mol. The molecule has 0 atom stereocenters. The lowest BCUT2D eigenvalue weighted by Crippen LogP contribution is -2.28. The molecular weight excluding hydrogens is 322 g/mol. The number of nitrogens with one attached hydrogen (secondary N) is 4. The van der Waals surface area contributed by atoms with Crippen LogP contribution in [0.2, 0.25) is 0 Å². The van der Waals surface area contributed by atoms with E-state index in [-0.39, 0.29) is 18.3 Å². The zero-order chi connectivity index (χ0) is 18.2. The number of anilines is 2. The van der Waals surface area contributed by atoms with Gasteiger partial charge in [0, 0.05) is 31.0 Å². The van der Waals surface area contributed by atoms with Gasteiger partial charge in [0.1, 0.15) is 11.4 Å². The van der Waals surface area contributed by atoms with Crippen molar-refractivity contribution < 1.29 is 9.90 Å². The summed E-state index contributed by atoms with van der Waals surface area (Å²) < 4.78 is 0. The van der Waals surface area contributed by atoms with Gasteiger partial charge in [0.15, 0.2) is 0 Å². The lowest BCUT2D eigenvalue weighted by Gasteiger charge is -2.13. The van der Waals surface area contributed by atoms with Crippen molar-refractivity contribution in [3.8, 4) is 0 Å². The summed E-state index contributed by atoms with van der Waals surface area (Å²) in [5.41, 5.74) is 1.97. The number of aryl methyl sites for hydroxylation is 2. The van der Waals surface area contributed by atoms with Crippen LogP contribution in [0.25, 0.3) is 0 Å². The summed E-state index contributed by atoms with van der Waals surface area (Å²) in [6.45, 7) is 5.17. The van der Waals surface area contributed by atoms with Crippen LogP contribution in [0.15, 0.2) is 29.1 Å². The van der Waals surface area contributed by atoms with Crippen molar-refractivity contribution in [2.75, 3.05) is 36.9 Å². The van der Waals surface area contributed by atoms with Gasteiger partial charge in [0.2, 0.25) is 0 Å². The predicted octanol–water partition coefficient (Wildman–Crippen LogP) is 0.633. The topological polar surface area (TPSA) is 119 Å². The highest BCUT2D eigenvalue weighted by atomic mass is 16.3. The highest BCUT2D eigenvalue weighted by Gasteiger charge is 2.17. The summed E-state index contributed by atoms with van der Waals surface area (Å²) in [6.07, 6.45) is 0. The van der Waals surface area contributed by atoms with Gasteiger partial charge in [-0.25, -0.2) is 4.79 Å². The van der Waals surface area contributed by atoms with Crippen molar-refractivity contribution in [3.63, 3.8) is 0 Å². The molecule has 1 aromatic carbocycles. The van der Waals surface area contributed by atoms with E-state index in [9.17, 15) is 9.59 Å². The number of hydrogen-bond acceptors (Lipinski definition) is 6. The normalized spacial score (nSPS) is 10.5. The Morgan fingerprint density at radius 1 is 1.16 bits per heavy atom. The molecule has 0 aliphatic rings. The molecule has 2 rings (SSSR count). The summed E-state index contributed by atoms with van der Waals surface area (Å²) in [5.74, 6) is -0.118. The number of benzene rings is 1. The molecule has 25 heavy (non-hydrogen) atoms. The van der Waals surface area contributed by atoms with Crippen molar-refractivity contribution in [1.82, 2.24) is 15.3 Å². The molecule has 1 heterocycles. The number of rotatable bonds is 8. The molecule has 0 saturated carbocycles. The number of aliphatic hydroxyl groups is 1. The summed E-state index contributed by atoms with van der Waals surface area (Å²) in [5, 5.41) is 17.5. The highest BCUT2D eigenvalue weighted by molar-refractivity contribution is 6.08. The second kappa shape index (κ2) is 8.95. The molecule has 0 aliphatic heterocycles. The largest absolute Gasteiger partial charge is 0.395 e. The Morgan fingerprint density at radius 2 is 1.88 bits per heavy atom. The molecule has 134 valence electrons. The van der Waals surface area contributed by atoms with Gasteiger partial charge in [-0.1, -0.05) is 17.7 Å². The van der Waals surface area contributed by atoms with E-state index in [1.165, 1.54) is 0 Å². The fourth-order valence-corrected chi connectivity index (χ4v) is 2.30. The van der Waals surface area contributed by atoms with Crippen LogP contribution < -0.4 is 21.6 Å². The first-order valence-corrected chi connectivity index (χ1v) is 8.05. The third kappa shape index (κ3) is 5.40. The zero-order valence-corrected chi connectivity index (χ0v) is 14.3. The molecule has 0 aliphatic carbocycles. The summed E-state index contributed by atoms with van der Waals surface area (Å²) in [7, 11) is 0. The Hall–Kier alpha value is -2.71. The van der Waals surface area contributed by atoms with Gasteiger partial charge >= 0.3 is 5.69 Å². The van der Waals surface area contributed by atoms with E-state index < -0.39 is 5.69 Å². The molecule has 1 aromatic heterocycles. The van der Waals surface area contributed by atoms with Gasteiger partial charge in [0.25, 0.3) is 5.91 Å². The maximum Gasteiger partial charge on any atom is 0.347 e. The predicted molar refractivity (Wildman–Crippen MR) is 97.2 cm³/mol. The fourth-order valence-electron chi connectivity index (χ4n) is 2.30. The van der Waals surface area contributed by atoms with Gasteiger partial charge in [-0.2, -0.15) is 4.98 Å². The van der Waals surface area contributed by atoms with Gasteiger partial charge in [-0.05, 0) is 26.0 Å². The van der Waals surface area contributed by atoms with Crippen LogP contribution in [0.5, 0.6) is 0 Å². The zero-order valence-electron chi connectivity index (χ0n) is 14.3. The molecule has 0 unspecified atom stereocenters. The number of H-pyrrole nitrogens is 1. The minimum atomic E-state index is -0.518. The Morgan fingerprint density at radius 3 is 2.56 bits per heavy atom. The van der Waals surface area contributed by atoms with E-state index in [0.29, 0.717) is 36.6 Å². The number of nitrogens with zero attached hydrogens (tertiary/aromatic N) is 1. The van der Waals surface area contributed by atoms with Crippen LogP contribution in [0.1, 0.15) is 21.6 Å². The Kier molecular flexibility index (Phi) is 6.67. The molecule has 8 nitrogen and oxygen atoms in total. The molecule has 1 amide bonds. The van der Waals surface area contributed by atoms with E-state index in [1.807, 2.05) is 31.2 Å². The lowest BCUT2D eigenvalue weighted by molar-refractivity contribution is 0.102. The van der Waals surface area contributed by atoms with Crippen LogP contribution in [0, 0.1) is 13.8 Å². The van der Waals surface area contributed by atoms with Gasteiger partial charge in [0.05, 0.1) is 6.61 Å². The minimum absolute atomic E-state index is 0.0482. The monoisotopic (exact) mass is 345 g/mol. The van der Waals surface area contributed by atoms with Crippen LogP contribution in [-0.2, 0) is 0 Å². The highest BCUT2D eigenvalue weighted by Crippen LogP contribution is 2.16. The van der Waals surface area contributed by atoms with Crippen LogP contribution in [-0.4, -0.2) is 47.2 Å². The molecule has 8 heteroatoms. The van der Waals surface area contributed by atoms with Crippen LogP contribution >= 0.6 is 0 Å². The van der Waals surface area contributed by atoms with Gasteiger partial charge in [-0.3, -0.25) is 4.79 Å². The van der Waals surface area contributed by atoms with Crippen LogP contribution in [0.4, 0.5) is 11.5 Å². The number of carbonyl (C=O) groups excluding carboxylic acids is 1. The van der Waals surface area contributed by atoms with Gasteiger partial charge < -0.3 is 26.0 Å². The fraction of sp³-hybridized carbons (Fsp3) is 0.353. The first-order valence-electron chi connectivity index (χ1n) is 8.05. The van der Waals surface area contributed by atoms with E-state index in [0.717, 1.165) is 5.56 Å². The molecule has 2 aromatic rings. The second-order valence-corrected chi connectivity index (χ2v) is 5.61. The van der Waals surface area contributed by atoms with Crippen molar-refractivity contribution in [2.24, 2.45) is 0 Å². The average Bonchev–Trinajstić information content (AvgIpc) is 2.56. The molecule has 0 spiro atoms. The molecule has 0 bridgehead atoms. The quantitative estimate of drug-likeness (QED) is 0.448. The van der Waals surface area contributed by atoms with E-state index in [1.54, 1.807) is 6.92 Å². The molecular formula is C17H23N5O3. The number of hydrogen-bond donors (Lipinski definition) is 5. The van der Waals surface area contributed by atoms with Crippen molar-refractivity contribution in [1.29, 1.82) is 0 Å². The van der Waals surface area contributed by atoms with E-state index >= 15 is 0 Å². The first kappa shape index (κ1) is 18.6. The number of aromatic nitrogens is 2. The smallest absolute Gasteiger partial charge is 0.347 e. The maximum absolute atomic E-state index is 12.6. The standard InChI is InChI=1S/C17H23N5O3/c1-11-3-5-13(6-4-11)21-16(24)14-12(2)20-17(25)22-15(14)19-8-7-18-9-10-23/h3-6,18,23H,7-10H2,1-2H3,(H,21,24)(H2,19,20,22,25). The summed E-state index contributed by atoms with van der Waals surface area (Å²) in [4.78, 5) is 30.7. The summed E-state index contributed by atoms with van der Waals surface area (Å²) in [6, 6.07) is 7.43. The Bertz CT molecular complexity index is 771. The van der Waals surface area contributed by atoms with E-state index in [2.05, 4.69) is 25.9 Å². The number of aliphatic hydroxyl groups excluding tert-OH is 1. The molecule has 0 fully saturated rings. The van der Waals surface area contributed by atoms with E-state index in [4.69, 9.17) is 5.11 Å². The maximum atomic E-state index is 12.6. The number of aromatic amines is 1. The van der Waals surface area contributed by atoms with Crippen molar-refractivity contribution in [2.45, 2.75) is 13.8 Å². The lowest BCUT2D eigenvalue weighted by atomic mass is 10.2.